The molecule has 3 rings (SSSR count). The molecule has 1 saturated carbocycles. The van der Waals surface area contributed by atoms with Crippen molar-refractivity contribution >= 4 is 5.78 Å². The van der Waals surface area contributed by atoms with Crippen LogP contribution in [0.25, 0.3) is 0 Å². The SMILES string of the molecule is CC1(C)CCCC(CN2CCN3CCCC3C2)C1=O. The molecule has 2 unspecified atom stereocenters. The molecule has 0 spiro atoms. The maximum atomic E-state index is 12.5. The lowest BCUT2D eigenvalue weighted by atomic mass is 9.71. The van der Waals surface area contributed by atoms with E-state index in [0.29, 0.717) is 11.7 Å². The summed E-state index contributed by atoms with van der Waals surface area (Å²) in [6, 6.07) is 0.778. The minimum Gasteiger partial charge on any atom is -0.300 e. The van der Waals surface area contributed by atoms with Gasteiger partial charge in [0, 0.05) is 43.6 Å². The Balaban J connectivity index is 1.58. The number of hydrogen-bond donors (Lipinski definition) is 0. The Morgan fingerprint density at radius 1 is 1.16 bits per heavy atom. The van der Waals surface area contributed by atoms with Gasteiger partial charge in [0.1, 0.15) is 5.78 Å². The quantitative estimate of drug-likeness (QED) is 0.763. The molecular weight excluding hydrogens is 236 g/mol. The van der Waals surface area contributed by atoms with Crippen LogP contribution >= 0.6 is 0 Å². The molecule has 2 atom stereocenters. The number of fused-ring (bicyclic) bond motifs is 1. The maximum absolute atomic E-state index is 12.5. The fourth-order valence-corrected chi connectivity index (χ4v) is 4.30. The zero-order valence-corrected chi connectivity index (χ0v) is 12.5. The monoisotopic (exact) mass is 264 g/mol. The third-order valence-electron chi connectivity index (χ3n) is 5.54. The topological polar surface area (TPSA) is 23.6 Å². The molecule has 0 radical (unpaired) electrons. The van der Waals surface area contributed by atoms with Crippen LogP contribution in [0, 0.1) is 11.3 Å². The number of rotatable bonds is 2. The number of Topliss-reactive ketones (excluding diaryl/α,β-unsaturated/α-hetero) is 1. The summed E-state index contributed by atoms with van der Waals surface area (Å²) in [5.74, 6) is 0.823. The summed E-state index contributed by atoms with van der Waals surface area (Å²) in [4.78, 5) is 17.7. The molecule has 3 aliphatic rings. The molecule has 1 aliphatic carbocycles. The fraction of sp³-hybridized carbons (Fsp3) is 0.938. The van der Waals surface area contributed by atoms with E-state index in [1.807, 2.05) is 0 Å². The summed E-state index contributed by atoms with van der Waals surface area (Å²) in [5, 5.41) is 0. The molecule has 2 aliphatic heterocycles. The van der Waals surface area contributed by atoms with Crippen molar-refractivity contribution < 1.29 is 4.79 Å². The van der Waals surface area contributed by atoms with Crippen molar-refractivity contribution in [3.63, 3.8) is 0 Å². The van der Waals surface area contributed by atoms with Crippen molar-refractivity contribution in [2.45, 2.75) is 52.0 Å². The van der Waals surface area contributed by atoms with Crippen molar-refractivity contribution in [1.82, 2.24) is 9.80 Å². The summed E-state index contributed by atoms with van der Waals surface area (Å²) >= 11 is 0. The lowest BCUT2D eigenvalue weighted by Crippen LogP contribution is -2.52. The Hall–Kier alpha value is -0.410. The van der Waals surface area contributed by atoms with Gasteiger partial charge in [0.2, 0.25) is 0 Å². The van der Waals surface area contributed by atoms with E-state index in [1.54, 1.807) is 0 Å². The standard InChI is InChI=1S/C16H28N2O/c1-16(2)7-3-5-13(15(16)19)11-17-9-10-18-8-4-6-14(18)12-17/h13-14H,3-12H2,1-2H3. The van der Waals surface area contributed by atoms with Gasteiger partial charge in [0.15, 0.2) is 0 Å². The molecule has 0 N–H and O–H groups in total. The lowest BCUT2D eigenvalue weighted by Gasteiger charge is -2.41. The highest BCUT2D eigenvalue weighted by atomic mass is 16.1. The highest BCUT2D eigenvalue weighted by Gasteiger charge is 2.39. The van der Waals surface area contributed by atoms with E-state index in [1.165, 1.54) is 45.4 Å². The normalized spacial score (nSPS) is 36.4. The number of hydrogen-bond acceptors (Lipinski definition) is 3. The van der Waals surface area contributed by atoms with Crippen LogP contribution < -0.4 is 0 Å². The van der Waals surface area contributed by atoms with Crippen LogP contribution in [-0.4, -0.2) is 54.3 Å². The molecule has 19 heavy (non-hydrogen) atoms. The van der Waals surface area contributed by atoms with Gasteiger partial charge in [0.25, 0.3) is 0 Å². The van der Waals surface area contributed by atoms with Gasteiger partial charge in [0.05, 0.1) is 0 Å². The second-order valence-corrected chi connectivity index (χ2v) is 7.43. The predicted octanol–water partition coefficient (Wildman–Crippen LogP) is 2.16. The summed E-state index contributed by atoms with van der Waals surface area (Å²) in [7, 11) is 0. The van der Waals surface area contributed by atoms with Crippen LogP contribution in [0.2, 0.25) is 0 Å². The first-order chi connectivity index (χ1) is 9.06. The van der Waals surface area contributed by atoms with E-state index >= 15 is 0 Å². The Labute approximate surface area is 117 Å². The first kappa shape index (κ1) is 13.6. The predicted molar refractivity (Wildman–Crippen MR) is 77.2 cm³/mol. The molecule has 108 valence electrons. The van der Waals surface area contributed by atoms with Crippen molar-refractivity contribution in [3.05, 3.63) is 0 Å². The van der Waals surface area contributed by atoms with Crippen molar-refractivity contribution in [2.24, 2.45) is 11.3 Å². The zero-order chi connectivity index (χ0) is 13.5. The highest BCUT2D eigenvalue weighted by molar-refractivity contribution is 5.87. The van der Waals surface area contributed by atoms with E-state index in [4.69, 9.17) is 0 Å². The Morgan fingerprint density at radius 3 is 2.84 bits per heavy atom. The van der Waals surface area contributed by atoms with Crippen molar-refractivity contribution in [2.75, 3.05) is 32.7 Å². The van der Waals surface area contributed by atoms with Gasteiger partial charge in [-0.1, -0.05) is 20.3 Å². The third-order valence-corrected chi connectivity index (χ3v) is 5.54. The number of piperazine rings is 1. The van der Waals surface area contributed by atoms with Crippen LogP contribution in [0.5, 0.6) is 0 Å². The third kappa shape index (κ3) is 2.73. The van der Waals surface area contributed by atoms with Crippen molar-refractivity contribution in [3.8, 4) is 0 Å². The molecule has 0 bridgehead atoms. The van der Waals surface area contributed by atoms with Gasteiger partial charge in [-0.25, -0.2) is 0 Å². The van der Waals surface area contributed by atoms with E-state index in [2.05, 4.69) is 23.6 Å². The van der Waals surface area contributed by atoms with Gasteiger partial charge in [-0.3, -0.25) is 14.6 Å². The minimum absolute atomic E-state index is 0.0713. The fourth-order valence-electron chi connectivity index (χ4n) is 4.30. The van der Waals surface area contributed by atoms with Gasteiger partial charge in [-0.2, -0.15) is 0 Å². The zero-order valence-electron chi connectivity index (χ0n) is 12.5. The van der Waals surface area contributed by atoms with E-state index < -0.39 is 0 Å². The molecule has 2 saturated heterocycles. The van der Waals surface area contributed by atoms with Crippen LogP contribution in [0.4, 0.5) is 0 Å². The minimum atomic E-state index is -0.0713. The molecular formula is C16H28N2O. The lowest BCUT2D eigenvalue weighted by molar-refractivity contribution is -0.135. The summed E-state index contributed by atoms with van der Waals surface area (Å²) in [6.07, 6.45) is 6.16. The molecule has 3 fully saturated rings. The van der Waals surface area contributed by atoms with Crippen LogP contribution in [0.1, 0.15) is 46.0 Å². The first-order valence-corrected chi connectivity index (χ1v) is 8.07. The maximum Gasteiger partial charge on any atom is 0.142 e. The molecule has 2 heterocycles. The molecule has 3 heteroatoms. The second kappa shape index (κ2) is 5.17. The number of carbonyl (C=O) groups excluding carboxylic acids is 1. The highest BCUT2D eigenvalue weighted by Crippen LogP contribution is 2.36. The van der Waals surface area contributed by atoms with Gasteiger partial charge < -0.3 is 0 Å². The summed E-state index contributed by atoms with van der Waals surface area (Å²) in [5.41, 5.74) is -0.0713. The Bertz CT molecular complexity index is 353. The smallest absolute Gasteiger partial charge is 0.142 e. The average molecular weight is 264 g/mol. The van der Waals surface area contributed by atoms with Crippen LogP contribution in [0.3, 0.4) is 0 Å². The first-order valence-electron chi connectivity index (χ1n) is 8.07. The van der Waals surface area contributed by atoms with Gasteiger partial charge >= 0.3 is 0 Å². The van der Waals surface area contributed by atoms with E-state index in [9.17, 15) is 4.79 Å². The van der Waals surface area contributed by atoms with Gasteiger partial charge in [-0.05, 0) is 32.2 Å². The molecule has 3 nitrogen and oxygen atoms in total. The van der Waals surface area contributed by atoms with Crippen LogP contribution in [-0.2, 0) is 4.79 Å². The molecule has 0 aromatic heterocycles. The molecule has 0 amide bonds. The number of nitrogens with zero attached hydrogens (tertiary/aromatic N) is 2. The molecule has 0 aromatic carbocycles. The average Bonchev–Trinajstić information content (AvgIpc) is 2.82. The summed E-state index contributed by atoms with van der Waals surface area (Å²) < 4.78 is 0. The van der Waals surface area contributed by atoms with Crippen molar-refractivity contribution in [1.29, 1.82) is 0 Å². The molecule has 0 aromatic rings. The Morgan fingerprint density at radius 2 is 2.00 bits per heavy atom. The van der Waals surface area contributed by atoms with Crippen LogP contribution in [0.15, 0.2) is 0 Å². The summed E-state index contributed by atoms with van der Waals surface area (Å²) in [6.45, 7) is 10.2. The second-order valence-electron chi connectivity index (χ2n) is 7.43. The van der Waals surface area contributed by atoms with E-state index in [-0.39, 0.29) is 5.41 Å². The number of carbonyl (C=O) groups is 1. The van der Waals surface area contributed by atoms with Gasteiger partial charge in [-0.15, -0.1) is 0 Å². The largest absolute Gasteiger partial charge is 0.300 e. The van der Waals surface area contributed by atoms with E-state index in [0.717, 1.165) is 25.4 Å². The number of ketones is 1. The Kier molecular flexibility index (Phi) is 3.69.